The summed E-state index contributed by atoms with van der Waals surface area (Å²) in [7, 11) is 0. The zero-order valence-electron chi connectivity index (χ0n) is 9.38. The molecule has 0 saturated carbocycles. The van der Waals surface area contributed by atoms with E-state index in [0.717, 1.165) is 5.56 Å². The molecule has 2 aromatic heterocycles. The van der Waals surface area contributed by atoms with E-state index >= 15 is 0 Å². The van der Waals surface area contributed by atoms with Gasteiger partial charge in [-0.3, -0.25) is 4.98 Å². The van der Waals surface area contributed by atoms with Crippen molar-refractivity contribution in [1.29, 1.82) is 0 Å². The van der Waals surface area contributed by atoms with Crippen molar-refractivity contribution < 1.29 is 5.11 Å². The molecule has 3 N–H and O–H groups in total. The highest BCUT2D eigenvalue weighted by atomic mass is 35.5. The van der Waals surface area contributed by atoms with Gasteiger partial charge in [0.05, 0.1) is 10.4 Å². The summed E-state index contributed by atoms with van der Waals surface area (Å²) < 4.78 is 1.05. The first-order chi connectivity index (χ1) is 8.63. The standard InChI is InChI=1S/C12H12Cl2N2OS/c13-10-4-8(12(14)18-10)11(17)9(5-15)7-2-1-3-16-6-7/h1-4,6,9,11,17H,5,15H2. The molecule has 0 bridgehead atoms. The summed E-state index contributed by atoms with van der Waals surface area (Å²) in [6.45, 7) is 0.302. The summed E-state index contributed by atoms with van der Waals surface area (Å²) in [5.41, 5.74) is 7.24. The van der Waals surface area contributed by atoms with Gasteiger partial charge in [0.15, 0.2) is 0 Å². The van der Waals surface area contributed by atoms with Gasteiger partial charge in [0.2, 0.25) is 0 Å². The van der Waals surface area contributed by atoms with Crippen LogP contribution in [0.1, 0.15) is 23.1 Å². The van der Waals surface area contributed by atoms with Gasteiger partial charge in [-0.2, -0.15) is 0 Å². The molecule has 0 aliphatic carbocycles. The molecule has 2 aromatic rings. The first-order valence-corrected chi connectivity index (χ1v) is 6.93. The van der Waals surface area contributed by atoms with Crippen molar-refractivity contribution in [3.05, 3.63) is 50.4 Å². The number of pyridine rings is 1. The van der Waals surface area contributed by atoms with Gasteiger partial charge in [0, 0.05) is 30.4 Å². The molecule has 18 heavy (non-hydrogen) atoms. The van der Waals surface area contributed by atoms with Crippen LogP contribution >= 0.6 is 34.5 Å². The summed E-state index contributed by atoms with van der Waals surface area (Å²) in [6.07, 6.45) is 2.59. The van der Waals surface area contributed by atoms with E-state index in [4.69, 9.17) is 28.9 Å². The molecule has 0 aliphatic heterocycles. The Bertz CT molecular complexity index is 518. The molecule has 0 amide bonds. The quantitative estimate of drug-likeness (QED) is 0.911. The van der Waals surface area contributed by atoms with E-state index in [1.807, 2.05) is 12.1 Å². The largest absolute Gasteiger partial charge is 0.388 e. The molecular formula is C12H12Cl2N2OS. The van der Waals surface area contributed by atoms with E-state index in [1.165, 1.54) is 11.3 Å². The van der Waals surface area contributed by atoms with Gasteiger partial charge in [-0.05, 0) is 17.7 Å². The van der Waals surface area contributed by atoms with Crippen LogP contribution in [-0.4, -0.2) is 16.6 Å². The Kier molecular flexibility index (Phi) is 4.59. The SMILES string of the molecule is NCC(c1cccnc1)C(O)c1cc(Cl)sc1Cl. The maximum atomic E-state index is 10.4. The number of halogens is 2. The molecule has 0 saturated heterocycles. The van der Waals surface area contributed by atoms with Crippen LogP contribution in [0.3, 0.4) is 0 Å². The Labute approximate surface area is 119 Å². The highest BCUT2D eigenvalue weighted by molar-refractivity contribution is 7.20. The van der Waals surface area contributed by atoms with Crippen LogP contribution in [0.2, 0.25) is 8.67 Å². The van der Waals surface area contributed by atoms with Crippen LogP contribution in [0, 0.1) is 0 Å². The van der Waals surface area contributed by atoms with Gasteiger partial charge in [-0.1, -0.05) is 29.3 Å². The minimum Gasteiger partial charge on any atom is -0.388 e. The Morgan fingerprint density at radius 2 is 2.22 bits per heavy atom. The molecule has 96 valence electrons. The molecule has 2 atom stereocenters. The molecule has 0 aromatic carbocycles. The highest BCUT2D eigenvalue weighted by Gasteiger charge is 2.25. The fraction of sp³-hybridized carbons (Fsp3) is 0.250. The number of aliphatic hydroxyl groups is 1. The van der Waals surface area contributed by atoms with Crippen molar-refractivity contribution in [3.63, 3.8) is 0 Å². The predicted octanol–water partition coefficient (Wildman–Crippen LogP) is 3.23. The van der Waals surface area contributed by atoms with E-state index in [-0.39, 0.29) is 5.92 Å². The minimum atomic E-state index is -0.782. The number of thiophene rings is 1. The fourth-order valence-corrected chi connectivity index (χ4v) is 3.35. The Morgan fingerprint density at radius 3 is 2.72 bits per heavy atom. The predicted molar refractivity (Wildman–Crippen MR) is 75.3 cm³/mol. The lowest BCUT2D eigenvalue weighted by Crippen LogP contribution is -2.20. The summed E-state index contributed by atoms with van der Waals surface area (Å²) >= 11 is 13.2. The number of rotatable bonds is 4. The molecule has 2 unspecified atom stereocenters. The van der Waals surface area contributed by atoms with Crippen molar-refractivity contribution >= 4 is 34.5 Å². The number of nitrogens with zero attached hydrogens (tertiary/aromatic N) is 1. The Balaban J connectivity index is 2.31. The topological polar surface area (TPSA) is 59.1 Å². The smallest absolute Gasteiger partial charge is 0.100 e. The zero-order chi connectivity index (χ0) is 13.1. The Hall–Kier alpha value is -0.650. The van der Waals surface area contributed by atoms with Gasteiger partial charge in [0.25, 0.3) is 0 Å². The monoisotopic (exact) mass is 302 g/mol. The summed E-state index contributed by atoms with van der Waals surface area (Å²) in [5, 5.41) is 10.4. The van der Waals surface area contributed by atoms with Crippen molar-refractivity contribution in [2.45, 2.75) is 12.0 Å². The number of hydrogen-bond acceptors (Lipinski definition) is 4. The van der Waals surface area contributed by atoms with Crippen molar-refractivity contribution in [2.75, 3.05) is 6.54 Å². The molecule has 0 spiro atoms. The van der Waals surface area contributed by atoms with Gasteiger partial charge in [0.1, 0.15) is 4.34 Å². The average molecular weight is 303 g/mol. The number of aromatic nitrogens is 1. The molecule has 0 fully saturated rings. The zero-order valence-corrected chi connectivity index (χ0v) is 11.7. The normalized spacial score (nSPS) is 14.4. The maximum absolute atomic E-state index is 10.4. The summed E-state index contributed by atoms with van der Waals surface area (Å²) in [6, 6.07) is 5.38. The van der Waals surface area contributed by atoms with Gasteiger partial charge < -0.3 is 10.8 Å². The molecular weight excluding hydrogens is 291 g/mol. The van der Waals surface area contributed by atoms with Gasteiger partial charge in [-0.25, -0.2) is 0 Å². The third-order valence-electron chi connectivity index (χ3n) is 2.75. The van der Waals surface area contributed by atoms with E-state index in [9.17, 15) is 5.11 Å². The van der Waals surface area contributed by atoms with Crippen molar-refractivity contribution in [2.24, 2.45) is 5.73 Å². The third kappa shape index (κ3) is 2.84. The van der Waals surface area contributed by atoms with Gasteiger partial charge in [-0.15, -0.1) is 11.3 Å². The van der Waals surface area contributed by atoms with Crippen LogP contribution < -0.4 is 5.73 Å². The van der Waals surface area contributed by atoms with E-state index in [2.05, 4.69) is 4.98 Å². The van der Waals surface area contributed by atoms with Crippen molar-refractivity contribution in [1.82, 2.24) is 4.98 Å². The molecule has 6 heteroatoms. The molecule has 2 heterocycles. The van der Waals surface area contributed by atoms with Crippen LogP contribution in [0.4, 0.5) is 0 Å². The molecule has 3 nitrogen and oxygen atoms in total. The first kappa shape index (κ1) is 13.8. The first-order valence-electron chi connectivity index (χ1n) is 5.36. The second-order valence-electron chi connectivity index (χ2n) is 3.85. The molecule has 0 radical (unpaired) electrons. The number of hydrogen-bond donors (Lipinski definition) is 2. The second kappa shape index (κ2) is 5.99. The summed E-state index contributed by atoms with van der Waals surface area (Å²) in [4.78, 5) is 4.03. The summed E-state index contributed by atoms with van der Waals surface area (Å²) in [5.74, 6) is -0.248. The lowest BCUT2D eigenvalue weighted by molar-refractivity contribution is 0.148. The lowest BCUT2D eigenvalue weighted by Gasteiger charge is -2.21. The van der Waals surface area contributed by atoms with Crippen LogP contribution in [0.25, 0.3) is 0 Å². The highest BCUT2D eigenvalue weighted by Crippen LogP contribution is 2.39. The number of nitrogens with two attached hydrogens (primary N) is 1. The van der Waals surface area contributed by atoms with Crippen LogP contribution in [0.15, 0.2) is 30.6 Å². The van der Waals surface area contributed by atoms with Crippen molar-refractivity contribution in [3.8, 4) is 0 Å². The third-order valence-corrected chi connectivity index (χ3v) is 4.27. The lowest BCUT2D eigenvalue weighted by atomic mass is 9.91. The second-order valence-corrected chi connectivity index (χ2v) is 6.14. The van der Waals surface area contributed by atoms with Gasteiger partial charge >= 0.3 is 0 Å². The Morgan fingerprint density at radius 1 is 1.44 bits per heavy atom. The maximum Gasteiger partial charge on any atom is 0.100 e. The average Bonchev–Trinajstić information content (AvgIpc) is 2.70. The van der Waals surface area contributed by atoms with E-state index < -0.39 is 6.10 Å². The van der Waals surface area contributed by atoms with Crippen LogP contribution in [-0.2, 0) is 0 Å². The molecule has 2 rings (SSSR count). The van der Waals surface area contributed by atoms with Crippen LogP contribution in [0.5, 0.6) is 0 Å². The molecule has 0 aliphatic rings. The number of aliphatic hydroxyl groups excluding tert-OH is 1. The van der Waals surface area contributed by atoms with E-state index in [0.29, 0.717) is 20.8 Å². The fourth-order valence-electron chi connectivity index (χ4n) is 1.81. The minimum absolute atomic E-state index is 0.248. The van der Waals surface area contributed by atoms with E-state index in [1.54, 1.807) is 18.5 Å².